The van der Waals surface area contributed by atoms with Gasteiger partial charge in [-0.3, -0.25) is 14.6 Å². The molecule has 0 fully saturated rings. The standard InChI is InChI=1S/C28H24N2O2/c1-30(28(32)25-7-3-2-4-8-25)26-16-14-23(15-17-26)22-10-12-24(13-11-22)27(31)18-9-21-6-5-19-29-20-21/h2-8,10-17,19-20H,9,18H2,1H3. The Morgan fingerprint density at radius 2 is 1.41 bits per heavy atom. The van der Waals surface area contributed by atoms with E-state index in [-0.39, 0.29) is 11.7 Å². The molecule has 0 aliphatic heterocycles. The van der Waals surface area contributed by atoms with E-state index in [1.165, 1.54) is 0 Å². The molecular formula is C28H24N2O2. The first kappa shape index (κ1) is 21.2. The number of pyridine rings is 1. The Bertz CT molecular complexity index is 1190. The predicted octanol–water partition coefficient (Wildman–Crippen LogP) is 5.84. The zero-order valence-electron chi connectivity index (χ0n) is 17.9. The molecule has 0 atom stereocenters. The number of benzene rings is 3. The summed E-state index contributed by atoms with van der Waals surface area (Å²) < 4.78 is 0. The predicted molar refractivity (Wildman–Crippen MR) is 128 cm³/mol. The van der Waals surface area contributed by atoms with Crippen LogP contribution in [0.3, 0.4) is 0 Å². The molecule has 0 unspecified atom stereocenters. The number of rotatable bonds is 7. The van der Waals surface area contributed by atoms with E-state index in [0.29, 0.717) is 24.0 Å². The summed E-state index contributed by atoms with van der Waals surface area (Å²) in [7, 11) is 1.77. The van der Waals surface area contributed by atoms with Crippen molar-refractivity contribution in [3.05, 3.63) is 120 Å². The van der Waals surface area contributed by atoms with Gasteiger partial charge in [0, 0.05) is 42.7 Å². The van der Waals surface area contributed by atoms with Crippen molar-refractivity contribution >= 4 is 17.4 Å². The normalized spacial score (nSPS) is 10.5. The Morgan fingerprint density at radius 3 is 2.03 bits per heavy atom. The van der Waals surface area contributed by atoms with Crippen molar-refractivity contribution in [3.8, 4) is 11.1 Å². The number of carbonyl (C=O) groups is 2. The maximum atomic E-state index is 12.6. The van der Waals surface area contributed by atoms with E-state index >= 15 is 0 Å². The molecule has 0 saturated heterocycles. The maximum absolute atomic E-state index is 12.6. The van der Waals surface area contributed by atoms with Gasteiger partial charge in [-0.1, -0.05) is 60.7 Å². The molecule has 4 aromatic rings. The van der Waals surface area contributed by atoms with Crippen LogP contribution in [-0.2, 0) is 6.42 Å². The molecule has 4 heteroatoms. The molecule has 1 amide bonds. The van der Waals surface area contributed by atoms with Crippen LogP contribution >= 0.6 is 0 Å². The third-order valence-electron chi connectivity index (χ3n) is 5.48. The highest BCUT2D eigenvalue weighted by Gasteiger charge is 2.13. The van der Waals surface area contributed by atoms with Gasteiger partial charge in [-0.15, -0.1) is 0 Å². The Morgan fingerprint density at radius 1 is 0.750 bits per heavy atom. The van der Waals surface area contributed by atoms with Crippen LogP contribution in [0.15, 0.2) is 103 Å². The largest absolute Gasteiger partial charge is 0.311 e. The fourth-order valence-corrected chi connectivity index (χ4v) is 3.57. The van der Waals surface area contributed by atoms with Gasteiger partial charge in [0.1, 0.15) is 0 Å². The number of aryl methyl sites for hydroxylation is 1. The summed E-state index contributed by atoms with van der Waals surface area (Å²) in [6.07, 6.45) is 4.67. The van der Waals surface area contributed by atoms with Crippen LogP contribution < -0.4 is 4.90 Å². The lowest BCUT2D eigenvalue weighted by atomic mass is 9.99. The molecule has 4 rings (SSSR count). The van der Waals surface area contributed by atoms with Gasteiger partial charge >= 0.3 is 0 Å². The van der Waals surface area contributed by atoms with E-state index in [1.54, 1.807) is 24.3 Å². The third-order valence-corrected chi connectivity index (χ3v) is 5.48. The van der Waals surface area contributed by atoms with E-state index in [2.05, 4.69) is 4.98 Å². The van der Waals surface area contributed by atoms with E-state index in [0.717, 1.165) is 22.4 Å². The first-order valence-electron chi connectivity index (χ1n) is 10.6. The highest BCUT2D eigenvalue weighted by molar-refractivity contribution is 6.05. The number of ketones is 1. The first-order valence-corrected chi connectivity index (χ1v) is 10.6. The van der Waals surface area contributed by atoms with Crippen LogP contribution in [0.1, 0.15) is 32.7 Å². The number of hydrogen-bond acceptors (Lipinski definition) is 3. The topological polar surface area (TPSA) is 50.3 Å². The summed E-state index contributed by atoms with van der Waals surface area (Å²) in [6, 6.07) is 28.6. The summed E-state index contributed by atoms with van der Waals surface area (Å²) in [5, 5.41) is 0. The first-order chi connectivity index (χ1) is 15.6. The second kappa shape index (κ2) is 9.84. The van der Waals surface area contributed by atoms with Gasteiger partial charge in [0.15, 0.2) is 5.78 Å². The van der Waals surface area contributed by atoms with Crippen molar-refractivity contribution in [3.63, 3.8) is 0 Å². The molecule has 0 bridgehead atoms. The average molecular weight is 421 g/mol. The van der Waals surface area contributed by atoms with Crippen molar-refractivity contribution in [2.45, 2.75) is 12.8 Å². The van der Waals surface area contributed by atoms with Crippen LogP contribution in [0.2, 0.25) is 0 Å². The molecule has 0 spiro atoms. The quantitative estimate of drug-likeness (QED) is 0.353. The van der Waals surface area contributed by atoms with Gasteiger partial charge in [0.05, 0.1) is 0 Å². The van der Waals surface area contributed by atoms with Crippen LogP contribution in [0.5, 0.6) is 0 Å². The molecule has 32 heavy (non-hydrogen) atoms. The SMILES string of the molecule is CN(C(=O)c1ccccc1)c1ccc(-c2ccc(C(=O)CCc3cccnc3)cc2)cc1. The lowest BCUT2D eigenvalue weighted by Crippen LogP contribution is -2.25. The zero-order chi connectivity index (χ0) is 22.3. The molecule has 0 aliphatic carbocycles. The van der Waals surface area contributed by atoms with Gasteiger partial charge in [-0.2, -0.15) is 0 Å². The summed E-state index contributed by atoms with van der Waals surface area (Å²) in [6.45, 7) is 0. The molecule has 1 heterocycles. The number of anilines is 1. The molecular weight excluding hydrogens is 396 g/mol. The van der Waals surface area contributed by atoms with Crippen molar-refractivity contribution in [2.75, 3.05) is 11.9 Å². The minimum absolute atomic E-state index is 0.0486. The minimum Gasteiger partial charge on any atom is -0.311 e. The van der Waals surface area contributed by atoms with Crippen molar-refractivity contribution in [1.29, 1.82) is 0 Å². The second-order valence-electron chi connectivity index (χ2n) is 7.64. The third kappa shape index (κ3) is 4.98. The van der Waals surface area contributed by atoms with Crippen molar-refractivity contribution in [2.24, 2.45) is 0 Å². The fourth-order valence-electron chi connectivity index (χ4n) is 3.57. The lowest BCUT2D eigenvalue weighted by molar-refractivity contribution is 0.0978. The van der Waals surface area contributed by atoms with Crippen molar-refractivity contribution in [1.82, 2.24) is 4.98 Å². The summed E-state index contributed by atoms with van der Waals surface area (Å²) in [5.74, 6) is 0.0734. The Balaban J connectivity index is 1.41. The Hall–Kier alpha value is -4.05. The van der Waals surface area contributed by atoms with Gasteiger partial charge < -0.3 is 4.90 Å². The van der Waals surface area contributed by atoms with Gasteiger partial charge in [-0.05, 0) is 53.4 Å². The Kier molecular flexibility index (Phi) is 6.52. The van der Waals surface area contributed by atoms with E-state index in [9.17, 15) is 9.59 Å². The number of Topliss-reactive ketones (excluding diaryl/α,β-unsaturated/α-hetero) is 1. The highest BCUT2D eigenvalue weighted by Crippen LogP contribution is 2.24. The molecule has 0 saturated carbocycles. The summed E-state index contributed by atoms with van der Waals surface area (Å²) >= 11 is 0. The smallest absolute Gasteiger partial charge is 0.258 e. The van der Waals surface area contributed by atoms with Gasteiger partial charge in [-0.25, -0.2) is 0 Å². The van der Waals surface area contributed by atoms with E-state index < -0.39 is 0 Å². The number of amides is 1. The summed E-state index contributed by atoms with van der Waals surface area (Å²) in [4.78, 5) is 30.9. The van der Waals surface area contributed by atoms with Crippen LogP contribution in [0.4, 0.5) is 5.69 Å². The Labute approximate surface area is 188 Å². The van der Waals surface area contributed by atoms with Crippen molar-refractivity contribution < 1.29 is 9.59 Å². The van der Waals surface area contributed by atoms with Crippen LogP contribution in [0.25, 0.3) is 11.1 Å². The molecule has 3 aromatic carbocycles. The molecule has 1 aromatic heterocycles. The van der Waals surface area contributed by atoms with E-state index in [4.69, 9.17) is 0 Å². The zero-order valence-corrected chi connectivity index (χ0v) is 17.9. The summed E-state index contributed by atoms with van der Waals surface area (Å²) in [5.41, 5.74) is 5.31. The molecule has 0 aliphatic rings. The molecule has 4 nitrogen and oxygen atoms in total. The van der Waals surface area contributed by atoms with Crippen LogP contribution in [0, 0.1) is 0 Å². The van der Waals surface area contributed by atoms with Gasteiger partial charge in [0.2, 0.25) is 0 Å². The monoisotopic (exact) mass is 420 g/mol. The fraction of sp³-hybridized carbons (Fsp3) is 0.107. The number of aromatic nitrogens is 1. The maximum Gasteiger partial charge on any atom is 0.258 e. The van der Waals surface area contributed by atoms with Gasteiger partial charge in [0.25, 0.3) is 5.91 Å². The molecule has 158 valence electrons. The van der Waals surface area contributed by atoms with E-state index in [1.807, 2.05) is 91.0 Å². The second-order valence-corrected chi connectivity index (χ2v) is 7.64. The molecule has 0 radical (unpaired) electrons. The average Bonchev–Trinajstić information content (AvgIpc) is 2.88. The van der Waals surface area contributed by atoms with Crippen LogP contribution in [-0.4, -0.2) is 23.7 Å². The molecule has 0 N–H and O–H groups in total. The number of carbonyl (C=O) groups excluding carboxylic acids is 2. The minimum atomic E-state index is -0.0486. The number of nitrogens with zero attached hydrogens (tertiary/aromatic N) is 2. The highest BCUT2D eigenvalue weighted by atomic mass is 16.2. The number of hydrogen-bond donors (Lipinski definition) is 0. The lowest BCUT2D eigenvalue weighted by Gasteiger charge is -2.18.